The van der Waals surface area contributed by atoms with Gasteiger partial charge in [-0.05, 0) is 47.4 Å². The van der Waals surface area contributed by atoms with Crippen LogP contribution in [0.1, 0.15) is 32.0 Å². The van der Waals surface area contributed by atoms with E-state index in [4.69, 9.17) is 4.98 Å². The van der Waals surface area contributed by atoms with E-state index >= 15 is 0 Å². The minimum atomic E-state index is -0.547. The molecule has 0 spiro atoms. The third-order valence-corrected chi connectivity index (χ3v) is 5.85. The first-order valence-electron chi connectivity index (χ1n) is 10.9. The lowest BCUT2D eigenvalue weighted by Crippen LogP contribution is -2.29. The Bertz CT molecular complexity index is 1640. The first kappa shape index (κ1) is 21.7. The fourth-order valence-corrected chi connectivity index (χ4v) is 3.95. The summed E-state index contributed by atoms with van der Waals surface area (Å²) in [5.41, 5.74) is 3.93. The number of nitrogens with zero attached hydrogens (tertiary/aromatic N) is 4. The third kappa shape index (κ3) is 3.68. The average Bonchev–Trinajstić information content (AvgIpc) is 2.83. The molecule has 8 heteroatoms. The van der Waals surface area contributed by atoms with Crippen LogP contribution in [0, 0.1) is 0 Å². The van der Waals surface area contributed by atoms with Gasteiger partial charge in [-0.1, -0.05) is 32.9 Å². The Morgan fingerprint density at radius 3 is 2.35 bits per heavy atom. The Kier molecular flexibility index (Phi) is 5.10. The molecule has 0 aliphatic carbocycles. The van der Waals surface area contributed by atoms with Gasteiger partial charge in [0.25, 0.3) is 5.56 Å². The Balaban J connectivity index is 1.80. The number of benzene rings is 1. The molecule has 4 aromatic heterocycles. The van der Waals surface area contributed by atoms with Gasteiger partial charge >= 0.3 is 5.69 Å². The van der Waals surface area contributed by atoms with Crippen LogP contribution in [0.4, 0.5) is 0 Å². The summed E-state index contributed by atoms with van der Waals surface area (Å²) in [4.78, 5) is 41.5. The second-order valence-corrected chi connectivity index (χ2v) is 9.17. The van der Waals surface area contributed by atoms with Crippen LogP contribution in [0.15, 0.2) is 70.5 Å². The highest BCUT2D eigenvalue weighted by atomic mass is 16.3. The fraction of sp³-hybridized carbons (Fsp3) is 0.192. The maximum absolute atomic E-state index is 13.0. The first-order chi connectivity index (χ1) is 16.3. The normalized spacial score (nSPS) is 11.9. The third-order valence-electron chi connectivity index (χ3n) is 5.85. The van der Waals surface area contributed by atoms with Gasteiger partial charge in [-0.3, -0.25) is 24.3 Å². The summed E-state index contributed by atoms with van der Waals surface area (Å²) >= 11 is 0. The fourth-order valence-electron chi connectivity index (χ4n) is 3.95. The number of aliphatic hydroxyl groups is 1. The van der Waals surface area contributed by atoms with Crippen molar-refractivity contribution in [3.63, 3.8) is 0 Å². The molecule has 0 bridgehead atoms. The van der Waals surface area contributed by atoms with Gasteiger partial charge in [-0.25, -0.2) is 9.78 Å². The lowest BCUT2D eigenvalue weighted by molar-refractivity contribution is 0.277. The molecule has 2 N–H and O–H groups in total. The number of aliphatic hydroxyl groups excluding tert-OH is 1. The molecule has 0 saturated carbocycles. The van der Waals surface area contributed by atoms with Crippen molar-refractivity contribution in [1.29, 1.82) is 0 Å². The molecule has 8 nitrogen and oxygen atoms in total. The highest BCUT2D eigenvalue weighted by Crippen LogP contribution is 2.27. The average molecular weight is 454 g/mol. The molecule has 0 amide bonds. The number of rotatable bonds is 3. The Hall–Kier alpha value is -4.17. The van der Waals surface area contributed by atoms with Gasteiger partial charge in [0.15, 0.2) is 0 Å². The molecule has 4 heterocycles. The number of aromatic nitrogens is 5. The number of H-pyrrole nitrogens is 1. The quantitative estimate of drug-likeness (QED) is 0.405. The maximum Gasteiger partial charge on any atom is 0.333 e. The van der Waals surface area contributed by atoms with Gasteiger partial charge in [-0.2, -0.15) is 0 Å². The summed E-state index contributed by atoms with van der Waals surface area (Å²) in [7, 11) is 0. The van der Waals surface area contributed by atoms with Crippen LogP contribution in [0.25, 0.3) is 38.9 Å². The van der Waals surface area contributed by atoms with Crippen LogP contribution in [0.5, 0.6) is 0 Å². The topological polar surface area (TPSA) is 114 Å². The van der Waals surface area contributed by atoms with Crippen LogP contribution in [0.2, 0.25) is 0 Å². The van der Waals surface area contributed by atoms with Crippen molar-refractivity contribution in [2.75, 3.05) is 0 Å². The van der Waals surface area contributed by atoms with Crippen molar-refractivity contribution in [1.82, 2.24) is 24.5 Å². The van der Waals surface area contributed by atoms with E-state index in [0.717, 1.165) is 11.1 Å². The molecule has 0 fully saturated rings. The van der Waals surface area contributed by atoms with E-state index in [1.165, 1.54) is 10.8 Å². The smallest absolute Gasteiger partial charge is 0.333 e. The molecule has 0 aliphatic rings. The van der Waals surface area contributed by atoms with Crippen molar-refractivity contribution >= 4 is 21.9 Å². The van der Waals surface area contributed by atoms with Crippen molar-refractivity contribution in [3.8, 4) is 16.9 Å². The van der Waals surface area contributed by atoms with E-state index in [0.29, 0.717) is 33.6 Å². The van der Waals surface area contributed by atoms with Gasteiger partial charge in [-0.15, -0.1) is 0 Å². The lowest BCUT2D eigenvalue weighted by Gasteiger charge is -2.19. The van der Waals surface area contributed by atoms with Gasteiger partial charge in [0, 0.05) is 18.0 Å². The highest BCUT2D eigenvalue weighted by Gasteiger charge is 2.17. The zero-order valence-electron chi connectivity index (χ0n) is 19.0. The monoisotopic (exact) mass is 453 g/mol. The summed E-state index contributed by atoms with van der Waals surface area (Å²) in [6, 6.07) is 14.8. The van der Waals surface area contributed by atoms with E-state index in [1.807, 2.05) is 36.4 Å². The predicted octanol–water partition coefficient (Wildman–Crippen LogP) is 3.47. The van der Waals surface area contributed by atoms with Gasteiger partial charge < -0.3 is 5.11 Å². The zero-order valence-corrected chi connectivity index (χ0v) is 19.0. The number of hydrogen-bond donors (Lipinski definition) is 2. The van der Waals surface area contributed by atoms with E-state index < -0.39 is 11.2 Å². The second kappa shape index (κ2) is 8.00. The molecular weight excluding hydrogens is 430 g/mol. The number of aromatic amines is 1. The van der Waals surface area contributed by atoms with Crippen molar-refractivity contribution in [2.45, 2.75) is 32.8 Å². The molecule has 0 atom stereocenters. The summed E-state index contributed by atoms with van der Waals surface area (Å²) in [5, 5.41) is 9.53. The molecule has 0 saturated heterocycles. The number of pyridine rings is 3. The standard InChI is InChI=1S/C26H23N5O3/c1-26(2,3)16-5-8-18(9-6-16)31-23-19(24(33)30-25(31)34)13-28-21-11-10-20(29-22(21)23)15-4-7-17(14-32)27-12-15/h4-13,32H,14H2,1-3H3,(H,30,33,34). The summed E-state index contributed by atoms with van der Waals surface area (Å²) < 4.78 is 1.47. The molecule has 34 heavy (non-hydrogen) atoms. The molecule has 5 aromatic rings. The largest absolute Gasteiger partial charge is 0.390 e. The van der Waals surface area contributed by atoms with Crippen LogP contribution < -0.4 is 11.2 Å². The number of nitrogens with one attached hydrogen (secondary N) is 1. The van der Waals surface area contributed by atoms with Crippen LogP contribution >= 0.6 is 0 Å². The zero-order chi connectivity index (χ0) is 24.0. The summed E-state index contributed by atoms with van der Waals surface area (Å²) in [6.45, 7) is 6.21. The molecule has 1 aromatic carbocycles. The van der Waals surface area contributed by atoms with Crippen molar-refractivity contribution in [3.05, 3.63) is 93.0 Å². The first-order valence-corrected chi connectivity index (χ1v) is 10.9. The number of fused-ring (bicyclic) bond motifs is 3. The molecule has 0 radical (unpaired) electrons. The van der Waals surface area contributed by atoms with E-state index in [-0.39, 0.29) is 17.4 Å². The van der Waals surface area contributed by atoms with Gasteiger partial charge in [0.05, 0.1) is 40.1 Å². The van der Waals surface area contributed by atoms with E-state index in [9.17, 15) is 14.7 Å². The van der Waals surface area contributed by atoms with Crippen molar-refractivity contribution in [2.24, 2.45) is 0 Å². The predicted molar refractivity (Wildman–Crippen MR) is 131 cm³/mol. The Labute approximate surface area is 194 Å². The summed E-state index contributed by atoms with van der Waals surface area (Å²) in [6.07, 6.45) is 3.10. The molecule has 0 aliphatic heterocycles. The van der Waals surface area contributed by atoms with Crippen LogP contribution in [-0.2, 0) is 12.0 Å². The van der Waals surface area contributed by atoms with Gasteiger partial charge in [0.2, 0.25) is 0 Å². The summed E-state index contributed by atoms with van der Waals surface area (Å²) in [5.74, 6) is 0. The van der Waals surface area contributed by atoms with Crippen LogP contribution in [-0.4, -0.2) is 29.6 Å². The molecular formula is C26H23N5O3. The molecule has 170 valence electrons. The SMILES string of the molecule is CC(C)(C)c1ccc(-n2c(=O)[nH]c(=O)c3cnc4ccc(-c5ccc(CO)nc5)nc4c32)cc1. The van der Waals surface area contributed by atoms with Gasteiger partial charge in [0.1, 0.15) is 5.52 Å². The Morgan fingerprint density at radius 1 is 0.941 bits per heavy atom. The Morgan fingerprint density at radius 2 is 1.71 bits per heavy atom. The second-order valence-electron chi connectivity index (χ2n) is 9.17. The molecule has 5 rings (SSSR count). The minimum Gasteiger partial charge on any atom is -0.390 e. The van der Waals surface area contributed by atoms with E-state index in [1.54, 1.807) is 18.3 Å². The maximum atomic E-state index is 13.0. The number of hydrogen-bond acceptors (Lipinski definition) is 6. The molecule has 0 unspecified atom stereocenters. The van der Waals surface area contributed by atoms with Crippen molar-refractivity contribution < 1.29 is 5.11 Å². The highest BCUT2D eigenvalue weighted by molar-refractivity contribution is 6.01. The minimum absolute atomic E-state index is 0.0384. The van der Waals surface area contributed by atoms with E-state index in [2.05, 4.69) is 35.7 Å². The lowest BCUT2D eigenvalue weighted by atomic mass is 9.87. The van der Waals surface area contributed by atoms with Crippen LogP contribution in [0.3, 0.4) is 0 Å².